The molecule has 0 spiro atoms. The van der Waals surface area contributed by atoms with Gasteiger partial charge in [0.25, 0.3) is 5.56 Å². The quantitative estimate of drug-likeness (QED) is 0.615. The van der Waals surface area contributed by atoms with Gasteiger partial charge in [-0.2, -0.15) is 0 Å². The molecule has 7 nitrogen and oxygen atoms in total. The number of nitrogens with zero attached hydrogens (tertiary/aromatic N) is 2. The van der Waals surface area contributed by atoms with E-state index >= 15 is 0 Å². The van der Waals surface area contributed by atoms with Crippen LogP contribution in [-0.4, -0.2) is 20.7 Å². The monoisotopic (exact) mass is 378 g/mol. The van der Waals surface area contributed by atoms with Gasteiger partial charge in [-0.1, -0.05) is 18.2 Å². The number of aromatic nitrogens is 2. The molecule has 3 rings (SSSR count). The van der Waals surface area contributed by atoms with Gasteiger partial charge in [0, 0.05) is 18.8 Å². The summed E-state index contributed by atoms with van der Waals surface area (Å²) >= 11 is 0. The Morgan fingerprint density at radius 2 is 1.54 bits per heavy atom. The van der Waals surface area contributed by atoms with Crippen molar-refractivity contribution < 1.29 is 14.3 Å². The molecule has 0 atom stereocenters. The van der Waals surface area contributed by atoms with Crippen LogP contribution in [0.4, 0.5) is 0 Å². The number of hydrogen-bond acceptors (Lipinski definition) is 5. The average molecular weight is 378 g/mol. The molecule has 0 bridgehead atoms. The Balaban J connectivity index is 1.81. The summed E-state index contributed by atoms with van der Waals surface area (Å²) in [6, 6.07) is 15.7. The largest absolute Gasteiger partial charge is 0.457 e. The summed E-state index contributed by atoms with van der Waals surface area (Å²) in [7, 11) is 1.27. The lowest BCUT2D eigenvalue weighted by Crippen LogP contribution is -2.41. The lowest BCUT2D eigenvalue weighted by molar-refractivity contribution is 0.0963. The van der Waals surface area contributed by atoms with Gasteiger partial charge in [0.15, 0.2) is 11.6 Å². The first-order valence-corrected chi connectivity index (χ1v) is 8.54. The zero-order chi connectivity index (χ0) is 20.3. The van der Waals surface area contributed by atoms with Crippen LogP contribution >= 0.6 is 0 Å². The van der Waals surface area contributed by atoms with E-state index in [1.165, 1.54) is 14.0 Å². The summed E-state index contributed by atoms with van der Waals surface area (Å²) in [6.45, 7) is 0.949. The van der Waals surface area contributed by atoms with E-state index in [0.717, 1.165) is 15.3 Å². The molecule has 142 valence electrons. The second-order valence-corrected chi connectivity index (χ2v) is 6.24. The first-order chi connectivity index (χ1) is 13.4. The number of carbonyl (C=O) groups excluding carboxylic acids is 2. The summed E-state index contributed by atoms with van der Waals surface area (Å²) in [5.41, 5.74) is -1.09. The minimum atomic E-state index is -0.677. The molecule has 0 saturated carbocycles. The molecule has 28 heavy (non-hydrogen) atoms. The number of Topliss-reactive ketones (excluding diaryl/α,β-unsaturated/α-hetero) is 2. The highest BCUT2D eigenvalue weighted by atomic mass is 16.5. The van der Waals surface area contributed by atoms with E-state index in [1.54, 1.807) is 24.3 Å². The Kier molecular flexibility index (Phi) is 5.35. The van der Waals surface area contributed by atoms with E-state index in [2.05, 4.69) is 0 Å². The van der Waals surface area contributed by atoms with Crippen LogP contribution in [0.5, 0.6) is 11.5 Å². The van der Waals surface area contributed by atoms with Crippen LogP contribution in [0.3, 0.4) is 0 Å². The summed E-state index contributed by atoms with van der Waals surface area (Å²) in [5.74, 6) is 0.446. The zero-order valence-electron chi connectivity index (χ0n) is 15.4. The molecule has 0 aliphatic carbocycles. The molecule has 1 heterocycles. The topological polar surface area (TPSA) is 87.4 Å². The van der Waals surface area contributed by atoms with Crippen molar-refractivity contribution in [1.82, 2.24) is 9.13 Å². The molecule has 0 fully saturated rings. The normalized spacial score (nSPS) is 10.5. The third-order valence-electron chi connectivity index (χ3n) is 4.20. The Morgan fingerprint density at radius 3 is 2.14 bits per heavy atom. The van der Waals surface area contributed by atoms with Gasteiger partial charge in [0.05, 0.1) is 12.1 Å². The fraction of sp³-hybridized carbons (Fsp3) is 0.143. The second kappa shape index (κ2) is 7.87. The minimum Gasteiger partial charge on any atom is -0.457 e. The van der Waals surface area contributed by atoms with Gasteiger partial charge < -0.3 is 4.74 Å². The highest BCUT2D eigenvalue weighted by molar-refractivity contribution is 5.96. The molecule has 7 heteroatoms. The molecule has 0 N–H and O–H groups in total. The van der Waals surface area contributed by atoms with Crippen molar-refractivity contribution in [1.29, 1.82) is 0 Å². The molecular weight excluding hydrogens is 360 g/mol. The van der Waals surface area contributed by atoms with Crippen molar-refractivity contribution in [3.05, 3.63) is 92.8 Å². The fourth-order valence-corrected chi connectivity index (χ4v) is 2.66. The highest BCUT2D eigenvalue weighted by Crippen LogP contribution is 2.21. The first kappa shape index (κ1) is 19.0. The fourth-order valence-electron chi connectivity index (χ4n) is 2.66. The van der Waals surface area contributed by atoms with Crippen LogP contribution in [0.1, 0.15) is 27.6 Å². The molecule has 0 radical (unpaired) electrons. The minimum absolute atomic E-state index is 0.137. The van der Waals surface area contributed by atoms with E-state index in [4.69, 9.17) is 4.74 Å². The van der Waals surface area contributed by atoms with Crippen LogP contribution < -0.4 is 16.0 Å². The number of ether oxygens (including phenoxy) is 1. The lowest BCUT2D eigenvalue weighted by Gasteiger charge is -2.10. The van der Waals surface area contributed by atoms with Crippen LogP contribution in [0.25, 0.3) is 0 Å². The molecule has 0 unspecified atom stereocenters. The van der Waals surface area contributed by atoms with Gasteiger partial charge in [-0.25, -0.2) is 4.79 Å². The Bertz CT molecular complexity index is 1140. The van der Waals surface area contributed by atoms with E-state index in [-0.39, 0.29) is 17.9 Å². The Labute approximate surface area is 160 Å². The second-order valence-electron chi connectivity index (χ2n) is 6.24. The maximum atomic E-state index is 12.5. The lowest BCUT2D eigenvalue weighted by atomic mass is 10.1. The van der Waals surface area contributed by atoms with Crippen LogP contribution in [0.15, 0.2) is 70.4 Å². The maximum Gasteiger partial charge on any atom is 0.331 e. The number of ketones is 2. The average Bonchev–Trinajstić information content (AvgIpc) is 2.69. The van der Waals surface area contributed by atoms with Gasteiger partial charge >= 0.3 is 5.69 Å². The van der Waals surface area contributed by atoms with E-state index in [9.17, 15) is 19.2 Å². The number of rotatable bonds is 6. The molecule has 0 amide bonds. The Morgan fingerprint density at radius 1 is 0.929 bits per heavy atom. The number of carbonyl (C=O) groups is 2. The first-order valence-electron chi connectivity index (χ1n) is 8.54. The van der Waals surface area contributed by atoms with E-state index < -0.39 is 17.0 Å². The van der Waals surface area contributed by atoms with Crippen LogP contribution in [0, 0.1) is 0 Å². The molecule has 1 aromatic heterocycles. The van der Waals surface area contributed by atoms with Crippen LogP contribution in [-0.2, 0) is 13.6 Å². The van der Waals surface area contributed by atoms with Gasteiger partial charge in [-0.3, -0.25) is 23.5 Å². The molecular formula is C21H18N2O5. The van der Waals surface area contributed by atoms with E-state index in [0.29, 0.717) is 17.1 Å². The van der Waals surface area contributed by atoms with Crippen molar-refractivity contribution in [2.45, 2.75) is 13.5 Å². The predicted molar refractivity (Wildman–Crippen MR) is 103 cm³/mol. The summed E-state index contributed by atoms with van der Waals surface area (Å²) in [4.78, 5) is 48.3. The third-order valence-corrected chi connectivity index (χ3v) is 4.20. The molecule has 0 aliphatic heterocycles. The maximum absolute atomic E-state index is 12.5. The van der Waals surface area contributed by atoms with Crippen molar-refractivity contribution in [3.8, 4) is 11.5 Å². The molecule has 0 aliphatic rings. The molecule has 0 saturated heterocycles. The molecule has 3 aromatic rings. The predicted octanol–water partition coefficient (Wildman–Crippen LogP) is 2.42. The highest BCUT2D eigenvalue weighted by Gasteiger charge is 2.15. The summed E-state index contributed by atoms with van der Waals surface area (Å²) in [6.07, 6.45) is 1.14. The Hall–Kier alpha value is -3.74. The van der Waals surface area contributed by atoms with Crippen molar-refractivity contribution in [3.63, 3.8) is 0 Å². The van der Waals surface area contributed by atoms with Gasteiger partial charge in [-0.05, 0) is 43.3 Å². The third kappa shape index (κ3) is 3.98. The van der Waals surface area contributed by atoms with Crippen LogP contribution in [0.2, 0.25) is 0 Å². The van der Waals surface area contributed by atoms with Crippen molar-refractivity contribution in [2.75, 3.05) is 0 Å². The number of hydrogen-bond donors (Lipinski definition) is 0. The van der Waals surface area contributed by atoms with Gasteiger partial charge in [0.1, 0.15) is 11.5 Å². The van der Waals surface area contributed by atoms with Gasteiger partial charge in [0.2, 0.25) is 0 Å². The number of benzene rings is 2. The van der Waals surface area contributed by atoms with Crippen molar-refractivity contribution >= 4 is 11.6 Å². The standard InChI is InChI=1S/C21H18N2O5/c1-14(24)18-12-23(21(27)22(2)20(18)26)13-19(25)15-8-10-17(11-9-15)28-16-6-4-3-5-7-16/h3-12H,13H2,1-2H3. The number of para-hydroxylation sites is 1. The van der Waals surface area contributed by atoms with E-state index in [1.807, 2.05) is 30.3 Å². The summed E-state index contributed by atoms with van der Waals surface area (Å²) in [5, 5.41) is 0. The SMILES string of the molecule is CC(=O)c1cn(CC(=O)c2ccc(Oc3ccccc3)cc2)c(=O)n(C)c1=O. The van der Waals surface area contributed by atoms with Crippen molar-refractivity contribution in [2.24, 2.45) is 7.05 Å². The zero-order valence-corrected chi connectivity index (χ0v) is 15.4. The van der Waals surface area contributed by atoms with Gasteiger partial charge in [-0.15, -0.1) is 0 Å². The molecule has 2 aromatic carbocycles. The smallest absolute Gasteiger partial charge is 0.331 e. The summed E-state index contributed by atoms with van der Waals surface area (Å²) < 4.78 is 7.56.